The molecule has 0 aromatic rings. The quantitative estimate of drug-likeness (QED) is 0.755. The van der Waals surface area contributed by atoms with Gasteiger partial charge in [0, 0.05) is 12.6 Å². The van der Waals surface area contributed by atoms with E-state index in [9.17, 15) is 0 Å². The van der Waals surface area contributed by atoms with Gasteiger partial charge in [-0.1, -0.05) is 13.3 Å². The molecule has 96 valence electrons. The van der Waals surface area contributed by atoms with Crippen molar-refractivity contribution in [1.82, 2.24) is 10.4 Å². The van der Waals surface area contributed by atoms with Gasteiger partial charge < -0.3 is 4.74 Å². The molecular weight excluding hydrogens is 216 g/mol. The highest BCUT2D eigenvalue weighted by atomic mass is 16.7. The summed E-state index contributed by atoms with van der Waals surface area (Å²) in [7, 11) is 0. The Hall–Kier alpha value is -0.740. The molecule has 0 amide bonds. The summed E-state index contributed by atoms with van der Waals surface area (Å²) in [5, 5.41) is 0. The first kappa shape index (κ1) is 11.4. The zero-order chi connectivity index (χ0) is 11.7. The molecule has 4 nitrogen and oxygen atoms in total. The molecule has 0 aromatic heterocycles. The predicted octanol–water partition coefficient (Wildman–Crippen LogP) is 1.64. The molecule has 4 heterocycles. The first-order valence-electron chi connectivity index (χ1n) is 6.84. The van der Waals surface area contributed by atoms with Crippen molar-refractivity contribution >= 4 is 0 Å². The maximum atomic E-state index is 5.85. The molecule has 0 aromatic carbocycles. The Balaban J connectivity index is 1.65. The average molecular weight is 238 g/mol. The van der Waals surface area contributed by atoms with Gasteiger partial charge in [0.25, 0.3) is 0 Å². The van der Waals surface area contributed by atoms with Crippen LogP contribution in [0.5, 0.6) is 0 Å². The molecule has 4 heteroatoms. The van der Waals surface area contributed by atoms with Gasteiger partial charge in [-0.15, -0.1) is 0 Å². The lowest BCUT2D eigenvalue weighted by Gasteiger charge is -2.48. The summed E-state index contributed by atoms with van der Waals surface area (Å²) in [4.78, 5) is 8.34. The molecule has 0 radical (unpaired) electrons. The second-order valence-corrected chi connectivity index (χ2v) is 5.42. The van der Waals surface area contributed by atoms with Crippen LogP contribution in [-0.4, -0.2) is 36.7 Å². The Morgan fingerprint density at radius 3 is 3.00 bits per heavy atom. The number of rotatable bonds is 4. The zero-order valence-electron chi connectivity index (χ0n) is 10.6. The summed E-state index contributed by atoms with van der Waals surface area (Å²) >= 11 is 0. The van der Waals surface area contributed by atoms with Gasteiger partial charge in [-0.05, 0) is 38.3 Å². The van der Waals surface area contributed by atoms with Crippen LogP contribution < -0.4 is 5.48 Å². The van der Waals surface area contributed by atoms with Crippen molar-refractivity contribution in [3.8, 4) is 0 Å². The third-order valence-corrected chi connectivity index (χ3v) is 4.22. The fourth-order valence-corrected chi connectivity index (χ4v) is 3.16. The number of hydrogen-bond donors (Lipinski definition) is 1. The second-order valence-electron chi connectivity index (χ2n) is 5.42. The highest BCUT2D eigenvalue weighted by Crippen LogP contribution is 2.41. The lowest BCUT2D eigenvalue weighted by molar-refractivity contribution is -0.143. The highest BCUT2D eigenvalue weighted by molar-refractivity contribution is 5.17. The van der Waals surface area contributed by atoms with Crippen LogP contribution in [0.4, 0.5) is 0 Å². The van der Waals surface area contributed by atoms with Crippen LogP contribution in [0.15, 0.2) is 12.0 Å². The Labute approximate surface area is 103 Å². The molecule has 3 saturated heterocycles. The summed E-state index contributed by atoms with van der Waals surface area (Å²) in [6.07, 6.45) is 6.94. The molecular formula is C13H22N2O2. The van der Waals surface area contributed by atoms with Gasteiger partial charge in [0.15, 0.2) is 0 Å². The average Bonchev–Trinajstić information content (AvgIpc) is 2.74. The third-order valence-electron chi connectivity index (χ3n) is 4.22. The third kappa shape index (κ3) is 2.04. The number of nitrogens with one attached hydrogen (secondary N) is 1. The van der Waals surface area contributed by atoms with Gasteiger partial charge >= 0.3 is 0 Å². The maximum absolute atomic E-state index is 5.85. The van der Waals surface area contributed by atoms with Crippen molar-refractivity contribution < 1.29 is 9.57 Å². The highest BCUT2D eigenvalue weighted by Gasteiger charge is 2.50. The lowest BCUT2D eigenvalue weighted by atomic mass is 9.75. The Morgan fingerprint density at radius 1 is 1.53 bits per heavy atom. The Kier molecular flexibility index (Phi) is 3.01. The molecule has 3 fully saturated rings. The van der Waals surface area contributed by atoms with E-state index < -0.39 is 0 Å². The molecule has 0 aliphatic carbocycles. The lowest BCUT2D eigenvalue weighted by Crippen LogP contribution is -2.58. The molecule has 4 rings (SSSR count). The molecule has 4 aliphatic rings. The molecule has 0 saturated carbocycles. The van der Waals surface area contributed by atoms with Crippen molar-refractivity contribution in [3.63, 3.8) is 0 Å². The first-order valence-corrected chi connectivity index (χ1v) is 6.84. The van der Waals surface area contributed by atoms with Crippen molar-refractivity contribution in [2.75, 3.05) is 26.2 Å². The number of nitrogens with zero attached hydrogens (tertiary/aromatic N) is 1. The summed E-state index contributed by atoms with van der Waals surface area (Å²) in [6, 6.07) is 0. The minimum Gasteiger partial charge on any atom is -0.478 e. The first-order chi connectivity index (χ1) is 8.32. The van der Waals surface area contributed by atoms with Crippen LogP contribution in [0.1, 0.15) is 32.6 Å². The monoisotopic (exact) mass is 238 g/mol. The fourth-order valence-electron chi connectivity index (χ4n) is 3.16. The van der Waals surface area contributed by atoms with E-state index in [1.807, 2.05) is 0 Å². The number of fused-ring (bicyclic) bond motifs is 2. The van der Waals surface area contributed by atoms with Crippen molar-refractivity contribution in [2.45, 2.75) is 38.2 Å². The summed E-state index contributed by atoms with van der Waals surface area (Å²) < 4.78 is 5.69. The van der Waals surface area contributed by atoms with Crippen molar-refractivity contribution in [2.24, 2.45) is 5.92 Å². The maximum Gasteiger partial charge on any atom is 0.209 e. The van der Waals surface area contributed by atoms with Crippen molar-refractivity contribution in [3.05, 3.63) is 12.0 Å². The van der Waals surface area contributed by atoms with E-state index in [0.29, 0.717) is 5.92 Å². The molecule has 4 aliphatic heterocycles. The van der Waals surface area contributed by atoms with Gasteiger partial charge in [-0.2, -0.15) is 0 Å². The molecule has 1 unspecified atom stereocenters. The van der Waals surface area contributed by atoms with Gasteiger partial charge in [0.1, 0.15) is 5.60 Å². The van der Waals surface area contributed by atoms with Crippen LogP contribution in [0, 0.1) is 5.92 Å². The smallest absolute Gasteiger partial charge is 0.209 e. The van der Waals surface area contributed by atoms with E-state index >= 15 is 0 Å². The number of hydrogen-bond acceptors (Lipinski definition) is 4. The van der Waals surface area contributed by atoms with Gasteiger partial charge in [-0.25, -0.2) is 5.48 Å². The Morgan fingerprint density at radius 2 is 2.35 bits per heavy atom. The predicted molar refractivity (Wildman–Crippen MR) is 65.1 cm³/mol. The van der Waals surface area contributed by atoms with Gasteiger partial charge in [0.05, 0.1) is 6.61 Å². The van der Waals surface area contributed by atoms with Crippen LogP contribution in [-0.2, 0) is 9.57 Å². The topological polar surface area (TPSA) is 33.7 Å². The van der Waals surface area contributed by atoms with E-state index in [4.69, 9.17) is 9.57 Å². The van der Waals surface area contributed by atoms with Gasteiger partial charge in [0.2, 0.25) is 5.88 Å². The van der Waals surface area contributed by atoms with E-state index in [2.05, 4.69) is 23.4 Å². The second kappa shape index (κ2) is 4.50. The van der Waals surface area contributed by atoms with Crippen LogP contribution in [0.3, 0.4) is 0 Å². The fraction of sp³-hybridized carbons (Fsp3) is 0.846. The molecule has 1 spiro atoms. The van der Waals surface area contributed by atoms with E-state index in [1.54, 1.807) is 0 Å². The zero-order valence-corrected chi connectivity index (χ0v) is 10.6. The van der Waals surface area contributed by atoms with Crippen LogP contribution in [0.25, 0.3) is 0 Å². The summed E-state index contributed by atoms with van der Waals surface area (Å²) in [5.41, 5.74) is 2.86. The number of piperidine rings is 3. The summed E-state index contributed by atoms with van der Waals surface area (Å²) in [5.74, 6) is 1.49. The number of hydroxylamine groups is 1. The summed E-state index contributed by atoms with van der Waals surface area (Å²) in [6.45, 7) is 6.44. The molecule has 1 N–H and O–H groups in total. The van der Waals surface area contributed by atoms with Crippen LogP contribution >= 0.6 is 0 Å². The standard InChI is InChI=1S/C13H22N2O2/c1-2-3-8-16-12-9-13(17-14-12)10-15-6-4-11(13)5-7-15/h9,11,14H,2-8,10H2,1H3. The van der Waals surface area contributed by atoms with Crippen molar-refractivity contribution in [1.29, 1.82) is 0 Å². The minimum atomic E-state index is -0.113. The number of unbranched alkanes of at least 4 members (excludes halogenated alkanes) is 1. The molecule has 1 atom stereocenters. The Bertz CT molecular complexity index is 311. The SMILES string of the molecule is CCCCOC1=CC2(CN3CCC2CC3)ON1. The normalized spacial score (nSPS) is 39.2. The van der Waals surface area contributed by atoms with E-state index in [1.165, 1.54) is 25.9 Å². The largest absolute Gasteiger partial charge is 0.478 e. The minimum absolute atomic E-state index is 0.113. The molecule has 2 bridgehead atoms. The van der Waals surface area contributed by atoms with Crippen LogP contribution in [0.2, 0.25) is 0 Å². The molecule has 17 heavy (non-hydrogen) atoms. The number of ether oxygens (including phenoxy) is 1. The van der Waals surface area contributed by atoms with Gasteiger partial charge in [-0.3, -0.25) is 9.74 Å². The van der Waals surface area contributed by atoms with E-state index in [0.717, 1.165) is 31.9 Å². The van der Waals surface area contributed by atoms with E-state index in [-0.39, 0.29) is 5.60 Å².